The van der Waals surface area contributed by atoms with Crippen LogP contribution >= 0.6 is 23.7 Å². The summed E-state index contributed by atoms with van der Waals surface area (Å²) in [6.07, 6.45) is 3.05. The molecule has 0 radical (unpaired) electrons. The number of ether oxygens (including phenoxy) is 1. The zero-order chi connectivity index (χ0) is 21.6. The number of allylic oxidation sites excluding steroid dienone is 2. The van der Waals surface area contributed by atoms with Crippen LogP contribution in [0, 0.1) is 0 Å². The minimum absolute atomic E-state index is 0.0735. The van der Waals surface area contributed by atoms with E-state index in [1.54, 1.807) is 24.3 Å². The third-order valence-electron chi connectivity index (χ3n) is 4.52. The van der Waals surface area contributed by atoms with Gasteiger partial charge in [0, 0.05) is 18.1 Å². The van der Waals surface area contributed by atoms with E-state index in [-0.39, 0.29) is 22.0 Å². The topological polar surface area (TPSA) is 65.2 Å². The minimum Gasteiger partial charge on any atom is -0.455 e. The summed E-state index contributed by atoms with van der Waals surface area (Å²) < 4.78 is 49.9. The molecule has 3 aromatic rings. The maximum atomic E-state index is 13.0. The predicted molar refractivity (Wildman–Crippen MR) is 114 cm³/mol. The third kappa shape index (κ3) is 3.91. The number of nitrogens with one attached hydrogen (secondary N) is 3. The molecule has 2 aliphatic heterocycles. The Morgan fingerprint density at radius 1 is 1.16 bits per heavy atom. The summed E-state index contributed by atoms with van der Waals surface area (Å²) in [7, 11) is 0. The second kappa shape index (κ2) is 7.47. The Labute approximate surface area is 183 Å². The Balaban J connectivity index is 1.33. The first-order valence-corrected chi connectivity index (χ1v) is 10.1. The monoisotopic (exact) mass is 463 g/mol. The molecule has 3 heterocycles. The smallest absolute Gasteiger partial charge is 0.416 e. The average Bonchev–Trinajstić information content (AvgIpc) is 3.36. The van der Waals surface area contributed by atoms with E-state index < -0.39 is 11.7 Å². The molecule has 158 valence electrons. The number of benzene rings is 2. The number of imidazole rings is 1. The van der Waals surface area contributed by atoms with Gasteiger partial charge in [-0.15, -0.1) is 0 Å². The van der Waals surface area contributed by atoms with E-state index in [2.05, 4.69) is 20.0 Å². The molecule has 0 amide bonds. The number of aromatic amines is 1. The zero-order valence-corrected chi connectivity index (χ0v) is 17.1. The number of nitrogens with zero attached hydrogens (tertiary/aromatic N) is 2. The summed E-state index contributed by atoms with van der Waals surface area (Å²) in [6, 6.07) is 8.96. The normalized spacial score (nSPS) is 15.4. The summed E-state index contributed by atoms with van der Waals surface area (Å²) in [5.41, 5.74) is 1.20. The van der Waals surface area contributed by atoms with Gasteiger partial charge in [0.1, 0.15) is 17.0 Å². The fraction of sp³-hybridized carbons (Fsp3) is 0.0500. The number of halogens is 4. The first-order valence-electron chi connectivity index (χ1n) is 8.99. The van der Waals surface area contributed by atoms with Crippen LogP contribution < -0.4 is 14.8 Å². The van der Waals surface area contributed by atoms with E-state index in [0.717, 1.165) is 17.8 Å². The number of fused-ring (bicyclic) bond motifs is 2. The lowest BCUT2D eigenvalue weighted by Gasteiger charge is -2.20. The highest BCUT2D eigenvalue weighted by Crippen LogP contribution is 2.35. The fourth-order valence-electron chi connectivity index (χ4n) is 3.09. The minimum atomic E-state index is -4.49. The van der Waals surface area contributed by atoms with Crippen molar-refractivity contribution in [3.63, 3.8) is 0 Å². The van der Waals surface area contributed by atoms with Crippen molar-refractivity contribution in [3.8, 4) is 5.75 Å². The van der Waals surface area contributed by atoms with Gasteiger partial charge in [-0.2, -0.15) is 13.2 Å². The molecule has 5 rings (SSSR count). The molecule has 0 unspecified atom stereocenters. The number of hydrogen-bond acceptors (Lipinski definition) is 6. The van der Waals surface area contributed by atoms with Crippen LogP contribution in [0.3, 0.4) is 0 Å². The van der Waals surface area contributed by atoms with Gasteiger partial charge in [-0.1, -0.05) is 11.6 Å². The van der Waals surface area contributed by atoms with E-state index >= 15 is 0 Å². The van der Waals surface area contributed by atoms with Crippen molar-refractivity contribution in [1.29, 1.82) is 0 Å². The van der Waals surface area contributed by atoms with E-state index in [0.29, 0.717) is 17.2 Å². The molecule has 1 aromatic heterocycles. The molecule has 0 saturated heterocycles. The van der Waals surface area contributed by atoms with Crippen LogP contribution in [0.2, 0.25) is 5.02 Å². The molecule has 2 aliphatic rings. The van der Waals surface area contributed by atoms with Crippen molar-refractivity contribution in [2.24, 2.45) is 0 Å². The predicted octanol–water partition coefficient (Wildman–Crippen LogP) is 6.08. The number of aromatic nitrogens is 2. The molecule has 6 nitrogen and oxygen atoms in total. The van der Waals surface area contributed by atoms with Gasteiger partial charge < -0.3 is 19.8 Å². The standard InChI is InChI=1S/C20H13ClF3N5OS/c21-14-8-11(20(22,23)24)9-15-18(14)28-19(27-15)26-12-3-5-13(6-4-12)30-17-2-1-7-29-16(17)10-25-31-29/h1-10,25H,(H2,26,27,28). The highest BCUT2D eigenvalue weighted by Gasteiger charge is 2.31. The van der Waals surface area contributed by atoms with Gasteiger partial charge in [0.2, 0.25) is 5.95 Å². The largest absolute Gasteiger partial charge is 0.455 e. The van der Waals surface area contributed by atoms with Crippen molar-refractivity contribution in [3.05, 3.63) is 83.0 Å². The highest BCUT2D eigenvalue weighted by atomic mass is 35.5. The van der Waals surface area contributed by atoms with Crippen molar-refractivity contribution in [2.45, 2.75) is 6.18 Å². The third-order valence-corrected chi connectivity index (χ3v) is 5.54. The average molecular weight is 464 g/mol. The fourth-order valence-corrected chi connectivity index (χ4v) is 4.00. The Morgan fingerprint density at radius 3 is 2.74 bits per heavy atom. The van der Waals surface area contributed by atoms with Crippen LogP contribution in [0.4, 0.5) is 24.8 Å². The summed E-state index contributed by atoms with van der Waals surface area (Å²) in [4.78, 5) is 7.07. The summed E-state index contributed by atoms with van der Waals surface area (Å²) in [6.45, 7) is 0. The van der Waals surface area contributed by atoms with Gasteiger partial charge in [-0.05, 0) is 48.6 Å². The molecule has 0 fully saturated rings. The Bertz CT molecular complexity index is 1250. The maximum Gasteiger partial charge on any atom is 0.416 e. The van der Waals surface area contributed by atoms with Crippen molar-refractivity contribution >= 4 is 46.4 Å². The van der Waals surface area contributed by atoms with Gasteiger partial charge in [0.15, 0.2) is 5.76 Å². The molecule has 3 N–H and O–H groups in total. The molecular formula is C20H13ClF3N5OS. The van der Waals surface area contributed by atoms with Crippen LogP contribution in [0.25, 0.3) is 11.0 Å². The van der Waals surface area contributed by atoms with Crippen LogP contribution in [0.5, 0.6) is 5.75 Å². The summed E-state index contributed by atoms with van der Waals surface area (Å²) >= 11 is 7.43. The summed E-state index contributed by atoms with van der Waals surface area (Å²) in [5.74, 6) is 1.61. The zero-order valence-electron chi connectivity index (χ0n) is 15.5. The Kier molecular flexibility index (Phi) is 4.75. The summed E-state index contributed by atoms with van der Waals surface area (Å²) in [5, 5.41) is 2.95. The van der Waals surface area contributed by atoms with Crippen LogP contribution in [-0.4, -0.2) is 14.3 Å². The molecule has 0 atom stereocenters. The quantitative estimate of drug-likeness (QED) is 0.408. The van der Waals surface area contributed by atoms with Crippen LogP contribution in [0.1, 0.15) is 5.56 Å². The Morgan fingerprint density at radius 2 is 1.97 bits per heavy atom. The van der Waals surface area contributed by atoms with Crippen LogP contribution in [-0.2, 0) is 6.18 Å². The first-order chi connectivity index (χ1) is 14.9. The number of alkyl halides is 3. The molecule has 31 heavy (non-hydrogen) atoms. The van der Waals surface area contributed by atoms with Crippen molar-refractivity contribution < 1.29 is 17.9 Å². The van der Waals surface area contributed by atoms with Gasteiger partial charge in [0.25, 0.3) is 0 Å². The lowest BCUT2D eigenvalue weighted by atomic mass is 10.2. The maximum absolute atomic E-state index is 13.0. The SMILES string of the molecule is FC(F)(F)c1cc(Cl)c2nc(Nc3ccc(OC4=CC=CN5SNC=C45)cc3)[nH]c2c1. The van der Waals surface area contributed by atoms with E-state index in [4.69, 9.17) is 16.3 Å². The molecule has 0 bridgehead atoms. The second-order valence-electron chi connectivity index (χ2n) is 6.63. The molecule has 11 heteroatoms. The lowest BCUT2D eigenvalue weighted by Crippen LogP contribution is -2.12. The molecular weight excluding hydrogens is 451 g/mol. The van der Waals surface area contributed by atoms with Gasteiger partial charge >= 0.3 is 6.18 Å². The molecule has 0 saturated carbocycles. The Hall–Kier alpha value is -3.24. The second-order valence-corrected chi connectivity index (χ2v) is 7.84. The van der Waals surface area contributed by atoms with Gasteiger partial charge in [0.05, 0.1) is 28.2 Å². The lowest BCUT2D eigenvalue weighted by molar-refractivity contribution is -0.137. The number of H-pyrrole nitrogens is 1. The van der Waals surface area contributed by atoms with E-state index in [1.807, 2.05) is 28.9 Å². The molecule has 0 spiro atoms. The van der Waals surface area contributed by atoms with Crippen molar-refractivity contribution in [2.75, 3.05) is 5.32 Å². The van der Waals surface area contributed by atoms with E-state index in [9.17, 15) is 13.2 Å². The van der Waals surface area contributed by atoms with Crippen molar-refractivity contribution in [1.82, 2.24) is 19.0 Å². The highest BCUT2D eigenvalue weighted by molar-refractivity contribution is 7.95. The van der Waals surface area contributed by atoms with Gasteiger partial charge in [-0.25, -0.2) is 4.98 Å². The van der Waals surface area contributed by atoms with E-state index in [1.165, 1.54) is 12.1 Å². The number of hydrogen-bond donors (Lipinski definition) is 3. The first kappa shape index (κ1) is 19.7. The number of rotatable bonds is 4. The number of anilines is 2. The van der Waals surface area contributed by atoms with Gasteiger partial charge in [-0.3, -0.25) is 4.31 Å². The molecule has 2 aromatic carbocycles. The molecule has 0 aliphatic carbocycles. The van der Waals surface area contributed by atoms with Crippen LogP contribution in [0.15, 0.2) is 72.4 Å².